The fourth-order valence-corrected chi connectivity index (χ4v) is 2.93. The highest BCUT2D eigenvalue weighted by molar-refractivity contribution is 8.13. The number of carbonyl (C=O) groups excluding carboxylic acids is 2. The van der Waals surface area contributed by atoms with Crippen molar-refractivity contribution in [3.05, 3.63) is 23.8 Å². The molecule has 1 fully saturated rings. The van der Waals surface area contributed by atoms with Crippen LogP contribution in [0.25, 0.3) is 0 Å². The first-order chi connectivity index (χ1) is 9.88. The van der Waals surface area contributed by atoms with Crippen molar-refractivity contribution in [1.82, 2.24) is 0 Å². The smallest absolute Gasteiger partial charge is 0.335 e. The van der Waals surface area contributed by atoms with Crippen LogP contribution in [0.4, 0.5) is 5.69 Å². The van der Waals surface area contributed by atoms with Gasteiger partial charge in [-0.15, -0.1) is 0 Å². The van der Waals surface area contributed by atoms with E-state index in [1.54, 1.807) is 0 Å². The van der Waals surface area contributed by atoms with Gasteiger partial charge in [-0.05, 0) is 24.1 Å². The molecule has 1 aromatic rings. The predicted octanol–water partition coefficient (Wildman–Crippen LogP) is 1.72. The Bertz CT molecular complexity index is 601. The maximum atomic E-state index is 12.0. The van der Waals surface area contributed by atoms with Crippen molar-refractivity contribution in [3.8, 4) is 5.75 Å². The minimum atomic E-state index is -1.12. The van der Waals surface area contributed by atoms with E-state index in [0.717, 1.165) is 0 Å². The second-order valence-corrected chi connectivity index (χ2v) is 6.08. The molecule has 1 aromatic carbocycles. The summed E-state index contributed by atoms with van der Waals surface area (Å²) in [7, 11) is 0. The summed E-state index contributed by atoms with van der Waals surface area (Å²) in [4.78, 5) is 35.4. The standard InChI is InChI=1S/C14H15NO5S/c1-8(16)21-7-9-4-13(18)15(6-9)11-5-10(14(19)20)2-3-12(11)17/h2-3,5,9,17H,4,6-7H2,1H3,(H,19,20). The average molecular weight is 309 g/mol. The number of benzene rings is 1. The Kier molecular flexibility index (Phi) is 4.52. The molecule has 1 saturated heterocycles. The van der Waals surface area contributed by atoms with Crippen LogP contribution in [0.2, 0.25) is 0 Å². The monoisotopic (exact) mass is 309 g/mol. The number of aromatic carboxylic acids is 1. The number of phenolic OH excluding ortho intramolecular Hbond substituents is 1. The van der Waals surface area contributed by atoms with E-state index in [-0.39, 0.29) is 40.4 Å². The fourth-order valence-electron chi connectivity index (χ4n) is 2.23. The van der Waals surface area contributed by atoms with Gasteiger partial charge in [0.05, 0.1) is 11.3 Å². The summed E-state index contributed by atoms with van der Waals surface area (Å²) >= 11 is 1.17. The van der Waals surface area contributed by atoms with Crippen molar-refractivity contribution in [2.24, 2.45) is 5.92 Å². The quantitative estimate of drug-likeness (QED) is 0.879. The van der Waals surface area contributed by atoms with E-state index < -0.39 is 5.97 Å². The summed E-state index contributed by atoms with van der Waals surface area (Å²) in [6.45, 7) is 1.84. The summed E-state index contributed by atoms with van der Waals surface area (Å²) in [5.74, 6) is -0.877. The Labute approximate surface area is 125 Å². The zero-order valence-corrected chi connectivity index (χ0v) is 12.2. The zero-order valence-electron chi connectivity index (χ0n) is 11.4. The van der Waals surface area contributed by atoms with Crippen molar-refractivity contribution in [3.63, 3.8) is 0 Å². The molecule has 2 N–H and O–H groups in total. The first-order valence-corrected chi connectivity index (χ1v) is 7.37. The van der Waals surface area contributed by atoms with Gasteiger partial charge in [0.15, 0.2) is 5.12 Å². The topological polar surface area (TPSA) is 94.9 Å². The third-order valence-electron chi connectivity index (χ3n) is 3.24. The van der Waals surface area contributed by atoms with Gasteiger partial charge in [0.25, 0.3) is 0 Å². The molecule has 0 aliphatic carbocycles. The van der Waals surface area contributed by atoms with Gasteiger partial charge in [-0.3, -0.25) is 9.59 Å². The molecule has 0 aromatic heterocycles. The molecule has 21 heavy (non-hydrogen) atoms. The van der Waals surface area contributed by atoms with Crippen LogP contribution >= 0.6 is 11.8 Å². The summed E-state index contributed by atoms with van der Waals surface area (Å²) in [6.07, 6.45) is 0.289. The maximum absolute atomic E-state index is 12.0. The lowest BCUT2D eigenvalue weighted by molar-refractivity contribution is -0.117. The summed E-state index contributed by atoms with van der Waals surface area (Å²) in [5.41, 5.74) is 0.215. The summed E-state index contributed by atoms with van der Waals surface area (Å²) in [5, 5.41) is 18.8. The van der Waals surface area contributed by atoms with Crippen molar-refractivity contribution in [2.75, 3.05) is 17.2 Å². The average Bonchev–Trinajstić information content (AvgIpc) is 2.78. The molecular formula is C14H15NO5S. The van der Waals surface area contributed by atoms with Crippen molar-refractivity contribution < 1.29 is 24.6 Å². The minimum absolute atomic E-state index is 0.00313. The van der Waals surface area contributed by atoms with Crippen LogP contribution in [0.3, 0.4) is 0 Å². The Morgan fingerprint density at radius 2 is 2.14 bits per heavy atom. The van der Waals surface area contributed by atoms with Crippen molar-refractivity contribution >= 4 is 34.4 Å². The molecule has 2 rings (SSSR count). The molecule has 1 unspecified atom stereocenters. The van der Waals surface area contributed by atoms with Gasteiger partial charge in [-0.25, -0.2) is 4.79 Å². The molecule has 0 spiro atoms. The zero-order chi connectivity index (χ0) is 15.6. The Morgan fingerprint density at radius 1 is 1.43 bits per heavy atom. The molecule has 6 nitrogen and oxygen atoms in total. The number of rotatable bonds is 4. The lowest BCUT2D eigenvalue weighted by atomic mass is 10.1. The van der Waals surface area contributed by atoms with E-state index >= 15 is 0 Å². The number of nitrogens with zero attached hydrogens (tertiary/aromatic N) is 1. The van der Waals surface area contributed by atoms with Gasteiger partial charge in [0.2, 0.25) is 5.91 Å². The SMILES string of the molecule is CC(=O)SCC1CC(=O)N(c2cc(C(=O)O)ccc2O)C1. The first kappa shape index (κ1) is 15.4. The van der Waals surface area contributed by atoms with Gasteiger partial charge >= 0.3 is 5.97 Å². The third-order valence-corrected chi connectivity index (χ3v) is 4.29. The molecule has 1 aliphatic rings. The van der Waals surface area contributed by atoms with Crippen LogP contribution in [-0.2, 0) is 9.59 Å². The van der Waals surface area contributed by atoms with Crippen LogP contribution in [0.5, 0.6) is 5.75 Å². The van der Waals surface area contributed by atoms with Crippen LogP contribution in [0, 0.1) is 5.92 Å². The lowest BCUT2D eigenvalue weighted by Crippen LogP contribution is -2.25. The van der Waals surface area contributed by atoms with Crippen molar-refractivity contribution in [1.29, 1.82) is 0 Å². The number of thioether (sulfide) groups is 1. The molecule has 1 aliphatic heterocycles. The number of carbonyl (C=O) groups is 3. The number of aromatic hydroxyl groups is 1. The predicted molar refractivity (Wildman–Crippen MR) is 78.7 cm³/mol. The van der Waals surface area contributed by atoms with Gasteiger partial charge in [0.1, 0.15) is 5.75 Å². The number of hydrogen-bond donors (Lipinski definition) is 2. The van der Waals surface area contributed by atoms with E-state index in [2.05, 4.69) is 0 Å². The van der Waals surface area contributed by atoms with E-state index in [9.17, 15) is 19.5 Å². The second-order valence-electron chi connectivity index (χ2n) is 4.89. The Morgan fingerprint density at radius 3 is 2.76 bits per heavy atom. The van der Waals surface area contributed by atoms with Gasteiger partial charge < -0.3 is 15.1 Å². The van der Waals surface area contributed by atoms with Crippen LogP contribution < -0.4 is 4.90 Å². The molecule has 1 heterocycles. The van der Waals surface area contributed by atoms with Crippen molar-refractivity contribution in [2.45, 2.75) is 13.3 Å². The highest BCUT2D eigenvalue weighted by Gasteiger charge is 2.32. The Balaban J connectivity index is 2.18. The van der Waals surface area contributed by atoms with Gasteiger partial charge in [0, 0.05) is 25.6 Å². The summed E-state index contributed by atoms with van der Waals surface area (Å²) in [6, 6.07) is 3.84. The highest BCUT2D eigenvalue weighted by Crippen LogP contribution is 2.34. The number of anilines is 1. The number of carboxylic acid groups (broad SMARTS) is 1. The van der Waals surface area contributed by atoms with Gasteiger partial charge in [-0.2, -0.15) is 0 Å². The second kappa shape index (κ2) is 6.17. The molecule has 0 radical (unpaired) electrons. The minimum Gasteiger partial charge on any atom is -0.506 e. The fraction of sp³-hybridized carbons (Fsp3) is 0.357. The molecule has 1 amide bonds. The summed E-state index contributed by atoms with van der Waals surface area (Å²) < 4.78 is 0. The van der Waals surface area contributed by atoms with Crippen LogP contribution in [0.15, 0.2) is 18.2 Å². The molecular weight excluding hydrogens is 294 g/mol. The number of amides is 1. The van der Waals surface area contributed by atoms with E-state index in [4.69, 9.17) is 5.11 Å². The molecule has 7 heteroatoms. The molecule has 0 bridgehead atoms. The van der Waals surface area contributed by atoms with E-state index in [1.807, 2.05) is 0 Å². The normalized spacial score (nSPS) is 18.0. The maximum Gasteiger partial charge on any atom is 0.335 e. The van der Waals surface area contributed by atoms with E-state index in [1.165, 1.54) is 41.8 Å². The first-order valence-electron chi connectivity index (χ1n) is 6.38. The lowest BCUT2D eigenvalue weighted by Gasteiger charge is -2.18. The Hall–Kier alpha value is -2.02. The van der Waals surface area contributed by atoms with Crippen LogP contribution in [-0.4, -0.2) is 39.5 Å². The largest absolute Gasteiger partial charge is 0.506 e. The molecule has 0 saturated carbocycles. The third kappa shape index (κ3) is 3.55. The number of phenols is 1. The highest BCUT2D eigenvalue weighted by atomic mass is 32.2. The molecule has 112 valence electrons. The number of hydrogen-bond acceptors (Lipinski definition) is 5. The molecule has 1 atom stereocenters. The number of carboxylic acids is 1. The van der Waals surface area contributed by atoms with Crippen LogP contribution in [0.1, 0.15) is 23.7 Å². The van der Waals surface area contributed by atoms with E-state index in [0.29, 0.717) is 12.3 Å². The van der Waals surface area contributed by atoms with Gasteiger partial charge in [-0.1, -0.05) is 11.8 Å².